The second-order valence-electron chi connectivity index (χ2n) is 4.88. The van der Waals surface area contributed by atoms with E-state index in [0.29, 0.717) is 5.56 Å². The lowest BCUT2D eigenvalue weighted by Gasteiger charge is -2.35. The van der Waals surface area contributed by atoms with Gasteiger partial charge in [-0.1, -0.05) is 24.9 Å². The predicted octanol–water partition coefficient (Wildman–Crippen LogP) is 3.77. The summed E-state index contributed by atoms with van der Waals surface area (Å²) in [6.07, 6.45) is 1.74. The first-order valence-electron chi connectivity index (χ1n) is 6.76. The Morgan fingerprint density at radius 3 is 2.52 bits per heavy atom. The molecular formula is C14H22Cl3FN2O. The van der Waals surface area contributed by atoms with E-state index in [1.54, 1.807) is 0 Å². The molecular weight excluding hydrogens is 338 g/mol. The number of phenolic OH excluding ortho intramolecular Hbond substituents is 1. The number of rotatable bonds is 4. The molecule has 1 saturated heterocycles. The zero-order chi connectivity index (χ0) is 13.8. The van der Waals surface area contributed by atoms with Gasteiger partial charge in [-0.05, 0) is 18.6 Å². The van der Waals surface area contributed by atoms with Crippen molar-refractivity contribution >= 4 is 36.4 Å². The van der Waals surface area contributed by atoms with E-state index in [1.165, 1.54) is 12.1 Å². The fourth-order valence-corrected chi connectivity index (χ4v) is 2.82. The second-order valence-corrected chi connectivity index (χ2v) is 5.29. The summed E-state index contributed by atoms with van der Waals surface area (Å²) in [5.41, 5.74) is 0.344. The molecule has 0 saturated carbocycles. The lowest BCUT2D eigenvalue weighted by atomic mass is 9.98. The lowest BCUT2D eigenvalue weighted by molar-refractivity contribution is 0.159. The van der Waals surface area contributed by atoms with Gasteiger partial charge in [0.05, 0.1) is 5.02 Å². The van der Waals surface area contributed by atoms with Crippen LogP contribution < -0.4 is 5.32 Å². The van der Waals surface area contributed by atoms with Crippen molar-refractivity contribution in [3.63, 3.8) is 0 Å². The first-order chi connectivity index (χ1) is 9.15. The standard InChI is InChI=1S/C14H20ClFN2O.2ClH/c1-2-3-12(18-8-6-17-7-9-18)13-11(16)5-4-10(15)14(13)19;;/h4-5,12,17,19H,2-3,6-9H2,1H3;2*1H/t12-;;/m0../s1. The molecule has 1 atom stereocenters. The van der Waals surface area contributed by atoms with Gasteiger partial charge in [0, 0.05) is 37.8 Å². The first kappa shape index (κ1) is 20.7. The third-order valence-corrected chi connectivity index (χ3v) is 3.91. The molecule has 0 aliphatic carbocycles. The highest BCUT2D eigenvalue weighted by Crippen LogP contribution is 2.38. The molecule has 0 spiro atoms. The number of hydrogen-bond acceptors (Lipinski definition) is 3. The minimum absolute atomic E-state index is 0. The fourth-order valence-electron chi connectivity index (χ4n) is 2.65. The topological polar surface area (TPSA) is 35.5 Å². The Balaban J connectivity index is 0.00000200. The predicted molar refractivity (Wildman–Crippen MR) is 89.7 cm³/mol. The Labute approximate surface area is 142 Å². The molecule has 122 valence electrons. The quantitative estimate of drug-likeness (QED) is 0.859. The number of nitrogens with zero attached hydrogens (tertiary/aromatic N) is 1. The summed E-state index contributed by atoms with van der Waals surface area (Å²) >= 11 is 5.92. The maximum Gasteiger partial charge on any atom is 0.141 e. The van der Waals surface area contributed by atoms with Gasteiger partial charge in [0.15, 0.2) is 0 Å². The molecule has 1 aliphatic heterocycles. The molecule has 21 heavy (non-hydrogen) atoms. The van der Waals surface area contributed by atoms with Crippen LogP contribution in [0.2, 0.25) is 5.02 Å². The van der Waals surface area contributed by atoms with Crippen LogP contribution in [0.4, 0.5) is 4.39 Å². The molecule has 1 fully saturated rings. The van der Waals surface area contributed by atoms with Crippen molar-refractivity contribution in [3.8, 4) is 5.75 Å². The lowest BCUT2D eigenvalue weighted by Crippen LogP contribution is -2.45. The van der Waals surface area contributed by atoms with E-state index >= 15 is 0 Å². The van der Waals surface area contributed by atoms with Gasteiger partial charge in [0.2, 0.25) is 0 Å². The summed E-state index contributed by atoms with van der Waals surface area (Å²) in [7, 11) is 0. The zero-order valence-electron chi connectivity index (χ0n) is 11.9. The van der Waals surface area contributed by atoms with Gasteiger partial charge in [-0.2, -0.15) is 0 Å². The van der Waals surface area contributed by atoms with Crippen molar-refractivity contribution in [1.82, 2.24) is 10.2 Å². The van der Waals surface area contributed by atoms with Gasteiger partial charge in [0.1, 0.15) is 11.6 Å². The van der Waals surface area contributed by atoms with Gasteiger partial charge in [-0.3, -0.25) is 4.90 Å². The minimum Gasteiger partial charge on any atom is -0.506 e. The SMILES string of the molecule is CCC[C@@H](c1c(F)ccc(Cl)c1O)N1CCNCC1.Cl.Cl. The van der Waals surface area contributed by atoms with E-state index in [0.717, 1.165) is 39.0 Å². The van der Waals surface area contributed by atoms with E-state index < -0.39 is 0 Å². The molecule has 1 aromatic carbocycles. The third kappa shape index (κ3) is 4.86. The van der Waals surface area contributed by atoms with Crippen LogP contribution in [-0.4, -0.2) is 36.2 Å². The highest BCUT2D eigenvalue weighted by Gasteiger charge is 2.27. The molecule has 2 rings (SSSR count). The minimum atomic E-state index is -0.376. The van der Waals surface area contributed by atoms with Crippen LogP contribution in [0.15, 0.2) is 12.1 Å². The number of phenols is 1. The highest BCUT2D eigenvalue weighted by molar-refractivity contribution is 6.32. The Morgan fingerprint density at radius 1 is 1.33 bits per heavy atom. The molecule has 3 nitrogen and oxygen atoms in total. The monoisotopic (exact) mass is 358 g/mol. The van der Waals surface area contributed by atoms with Crippen molar-refractivity contribution in [3.05, 3.63) is 28.5 Å². The van der Waals surface area contributed by atoms with Crippen molar-refractivity contribution in [2.75, 3.05) is 26.2 Å². The van der Waals surface area contributed by atoms with E-state index in [1.807, 2.05) is 0 Å². The number of benzene rings is 1. The van der Waals surface area contributed by atoms with Crippen molar-refractivity contribution in [2.24, 2.45) is 0 Å². The van der Waals surface area contributed by atoms with E-state index in [2.05, 4.69) is 17.1 Å². The summed E-state index contributed by atoms with van der Waals surface area (Å²) < 4.78 is 14.1. The molecule has 0 radical (unpaired) electrons. The summed E-state index contributed by atoms with van der Waals surface area (Å²) in [4.78, 5) is 2.22. The number of hydrogen-bond donors (Lipinski definition) is 2. The van der Waals surface area contributed by atoms with Crippen LogP contribution in [0.3, 0.4) is 0 Å². The smallest absolute Gasteiger partial charge is 0.141 e. The number of piperazine rings is 1. The van der Waals surface area contributed by atoms with Crippen molar-refractivity contribution in [1.29, 1.82) is 0 Å². The number of nitrogens with one attached hydrogen (secondary N) is 1. The average Bonchev–Trinajstić information content (AvgIpc) is 2.43. The normalized spacial score (nSPS) is 16.7. The molecule has 1 aromatic rings. The number of halogens is 4. The van der Waals surface area contributed by atoms with Crippen LogP contribution in [-0.2, 0) is 0 Å². The van der Waals surface area contributed by atoms with Gasteiger partial charge < -0.3 is 10.4 Å². The molecule has 0 bridgehead atoms. The molecule has 1 aliphatic rings. The molecule has 0 amide bonds. The highest BCUT2D eigenvalue weighted by atomic mass is 35.5. The Hall–Kier alpha value is -0.260. The fraction of sp³-hybridized carbons (Fsp3) is 0.571. The van der Waals surface area contributed by atoms with E-state index in [-0.39, 0.29) is 47.4 Å². The summed E-state index contributed by atoms with van der Waals surface area (Å²) in [6.45, 7) is 5.56. The number of aromatic hydroxyl groups is 1. The first-order valence-corrected chi connectivity index (χ1v) is 7.14. The maximum atomic E-state index is 14.1. The van der Waals surface area contributed by atoms with Crippen LogP contribution >= 0.6 is 36.4 Å². The zero-order valence-corrected chi connectivity index (χ0v) is 14.3. The molecule has 0 unspecified atom stereocenters. The van der Waals surface area contributed by atoms with Gasteiger partial charge in [-0.25, -0.2) is 4.39 Å². The largest absolute Gasteiger partial charge is 0.506 e. The molecule has 7 heteroatoms. The van der Waals surface area contributed by atoms with Crippen LogP contribution in [0.1, 0.15) is 31.4 Å². The van der Waals surface area contributed by atoms with E-state index in [4.69, 9.17) is 11.6 Å². The van der Waals surface area contributed by atoms with Gasteiger partial charge >= 0.3 is 0 Å². The Morgan fingerprint density at radius 2 is 1.95 bits per heavy atom. The summed E-state index contributed by atoms with van der Waals surface area (Å²) in [6, 6.07) is 2.63. The second kappa shape index (κ2) is 9.70. The molecule has 0 aromatic heterocycles. The summed E-state index contributed by atoms with van der Waals surface area (Å²) in [5, 5.41) is 13.6. The van der Waals surface area contributed by atoms with Gasteiger partial charge in [0.25, 0.3) is 0 Å². The van der Waals surface area contributed by atoms with Crippen LogP contribution in [0, 0.1) is 5.82 Å². The Bertz CT molecular complexity index is 442. The van der Waals surface area contributed by atoms with E-state index in [9.17, 15) is 9.50 Å². The summed E-state index contributed by atoms with van der Waals surface area (Å²) in [5.74, 6) is -0.488. The average molecular weight is 360 g/mol. The van der Waals surface area contributed by atoms with Gasteiger partial charge in [-0.15, -0.1) is 24.8 Å². The molecule has 2 N–H and O–H groups in total. The third-order valence-electron chi connectivity index (χ3n) is 3.60. The van der Waals surface area contributed by atoms with Crippen molar-refractivity contribution < 1.29 is 9.50 Å². The maximum absolute atomic E-state index is 14.1. The van der Waals surface area contributed by atoms with Crippen LogP contribution in [0.5, 0.6) is 5.75 Å². The Kier molecular flexibility index (Phi) is 9.58. The van der Waals surface area contributed by atoms with Crippen molar-refractivity contribution in [2.45, 2.75) is 25.8 Å². The molecule has 1 heterocycles. The van der Waals surface area contributed by atoms with Crippen LogP contribution in [0.25, 0.3) is 0 Å².